The number of hydrogen-bond acceptors (Lipinski definition) is 6. The van der Waals surface area contributed by atoms with Gasteiger partial charge in [-0.1, -0.05) is 12.1 Å². The van der Waals surface area contributed by atoms with Gasteiger partial charge in [0.2, 0.25) is 0 Å². The van der Waals surface area contributed by atoms with E-state index in [-0.39, 0.29) is 22.1 Å². The van der Waals surface area contributed by atoms with E-state index < -0.39 is 16.0 Å². The molecule has 0 aliphatic heterocycles. The number of carboxylic acid groups (broad SMARTS) is 1. The number of aliphatic carboxylic acids is 1. The molecule has 28 heavy (non-hydrogen) atoms. The summed E-state index contributed by atoms with van der Waals surface area (Å²) < 4.78 is 44.5. The van der Waals surface area contributed by atoms with Crippen LogP contribution in [0.4, 0.5) is 5.69 Å². The molecule has 0 aliphatic rings. The molecule has 8 nitrogen and oxygen atoms in total. The van der Waals surface area contributed by atoms with E-state index in [1.54, 1.807) is 31.2 Å². The van der Waals surface area contributed by atoms with Gasteiger partial charge in [0.05, 0.1) is 26.5 Å². The van der Waals surface area contributed by atoms with Crippen LogP contribution in [0.2, 0.25) is 0 Å². The Morgan fingerprint density at radius 2 is 1.86 bits per heavy atom. The molecule has 0 fully saturated rings. The fraction of sp³-hybridized carbons (Fsp3) is 0.211. The number of nitrogens with one attached hydrogen (secondary N) is 1. The first-order valence-electron chi connectivity index (χ1n) is 8.24. The summed E-state index contributed by atoms with van der Waals surface area (Å²) in [6.45, 7) is 2.16. The highest BCUT2D eigenvalue weighted by Gasteiger charge is 2.25. The fourth-order valence-corrected chi connectivity index (χ4v) is 3.73. The van der Waals surface area contributed by atoms with Gasteiger partial charge in [0, 0.05) is 6.08 Å². The molecule has 0 heterocycles. The summed E-state index contributed by atoms with van der Waals surface area (Å²) in [5.41, 5.74) is 0.579. The average molecular weight is 407 g/mol. The largest absolute Gasteiger partial charge is 0.493 e. The molecule has 2 aromatic carbocycles. The van der Waals surface area contributed by atoms with Gasteiger partial charge < -0.3 is 19.3 Å². The van der Waals surface area contributed by atoms with Crippen LogP contribution in [0, 0.1) is 0 Å². The number of benzene rings is 2. The second-order valence-corrected chi connectivity index (χ2v) is 7.11. The highest BCUT2D eigenvalue weighted by molar-refractivity contribution is 7.92. The third-order valence-corrected chi connectivity index (χ3v) is 4.98. The lowest BCUT2D eigenvalue weighted by molar-refractivity contribution is -0.131. The van der Waals surface area contributed by atoms with Crippen LogP contribution >= 0.6 is 0 Å². The molecular weight excluding hydrogens is 386 g/mol. The topological polar surface area (TPSA) is 111 Å². The zero-order valence-corrected chi connectivity index (χ0v) is 16.4. The summed E-state index contributed by atoms with van der Waals surface area (Å²) in [4.78, 5) is 10.6. The van der Waals surface area contributed by atoms with Crippen LogP contribution in [-0.4, -0.2) is 40.3 Å². The van der Waals surface area contributed by atoms with Crippen molar-refractivity contribution in [3.63, 3.8) is 0 Å². The van der Waals surface area contributed by atoms with E-state index in [9.17, 15) is 13.2 Å². The third kappa shape index (κ3) is 4.95. The molecule has 150 valence electrons. The number of ether oxygens (including phenoxy) is 3. The Balaban J connectivity index is 2.57. The maximum absolute atomic E-state index is 13.1. The molecule has 0 radical (unpaired) electrons. The van der Waals surface area contributed by atoms with Crippen LogP contribution in [0.1, 0.15) is 12.5 Å². The first-order chi connectivity index (χ1) is 13.3. The quantitative estimate of drug-likeness (QED) is 0.615. The van der Waals surface area contributed by atoms with Gasteiger partial charge in [-0.15, -0.1) is 0 Å². The minimum Gasteiger partial charge on any atom is -0.493 e. The molecule has 0 atom stereocenters. The van der Waals surface area contributed by atoms with Crippen LogP contribution < -0.4 is 18.9 Å². The molecule has 0 aromatic heterocycles. The molecule has 0 bridgehead atoms. The summed E-state index contributed by atoms with van der Waals surface area (Å²) in [6, 6.07) is 9.39. The van der Waals surface area contributed by atoms with Gasteiger partial charge >= 0.3 is 5.97 Å². The lowest BCUT2D eigenvalue weighted by Crippen LogP contribution is -2.15. The number of sulfonamides is 1. The fourth-order valence-electron chi connectivity index (χ4n) is 2.45. The van der Waals surface area contributed by atoms with Crippen molar-refractivity contribution in [3.8, 4) is 17.2 Å². The molecule has 0 unspecified atom stereocenters. The number of hydrogen-bond donors (Lipinski definition) is 2. The van der Waals surface area contributed by atoms with Crippen molar-refractivity contribution in [2.24, 2.45) is 0 Å². The predicted molar refractivity (Wildman–Crippen MR) is 105 cm³/mol. The molecule has 9 heteroatoms. The highest BCUT2D eigenvalue weighted by Crippen LogP contribution is 2.37. The molecular formula is C19H21NO7S. The first-order valence-corrected chi connectivity index (χ1v) is 9.72. The van der Waals surface area contributed by atoms with Gasteiger partial charge in [-0.05, 0) is 42.8 Å². The number of rotatable bonds is 9. The average Bonchev–Trinajstić information content (AvgIpc) is 2.67. The van der Waals surface area contributed by atoms with Gasteiger partial charge in [-0.2, -0.15) is 0 Å². The monoisotopic (exact) mass is 407 g/mol. The number of anilines is 1. The summed E-state index contributed by atoms with van der Waals surface area (Å²) in [7, 11) is -1.43. The highest BCUT2D eigenvalue weighted by atomic mass is 32.2. The standard InChI is InChI=1S/C19H21NO7S/c1-4-27-15-8-6-5-7-14(15)20-28(23,24)17-12-13(9-10-18(21)22)11-16(25-2)19(17)26-3/h5-12,20H,4H2,1-3H3,(H,21,22)/b10-9+. The van der Waals surface area contributed by atoms with Gasteiger partial charge in [0.25, 0.3) is 10.0 Å². The second kappa shape index (κ2) is 9.14. The smallest absolute Gasteiger partial charge is 0.328 e. The normalized spacial score (nSPS) is 11.2. The number of carbonyl (C=O) groups is 1. The van der Waals surface area contributed by atoms with Crippen LogP contribution in [0.15, 0.2) is 47.4 Å². The Morgan fingerprint density at radius 3 is 2.46 bits per heavy atom. The van der Waals surface area contributed by atoms with E-state index >= 15 is 0 Å². The Kier molecular flexibility index (Phi) is 6.89. The van der Waals surface area contributed by atoms with Gasteiger partial charge in [-0.3, -0.25) is 4.72 Å². The van der Waals surface area contributed by atoms with Crippen molar-refractivity contribution in [1.82, 2.24) is 0 Å². The first kappa shape index (κ1) is 21.1. The van der Waals surface area contributed by atoms with Gasteiger partial charge in [0.15, 0.2) is 11.5 Å². The van der Waals surface area contributed by atoms with E-state index in [4.69, 9.17) is 19.3 Å². The molecule has 0 saturated heterocycles. The van der Waals surface area contributed by atoms with Crippen molar-refractivity contribution < 1.29 is 32.5 Å². The third-order valence-electron chi connectivity index (χ3n) is 3.61. The Morgan fingerprint density at radius 1 is 1.14 bits per heavy atom. The summed E-state index contributed by atoms with van der Waals surface area (Å²) in [5, 5.41) is 8.82. The van der Waals surface area contributed by atoms with E-state index in [1.165, 1.54) is 32.4 Å². The van der Waals surface area contributed by atoms with E-state index in [0.29, 0.717) is 17.9 Å². The van der Waals surface area contributed by atoms with Crippen molar-refractivity contribution in [3.05, 3.63) is 48.0 Å². The summed E-state index contributed by atoms with van der Waals surface area (Å²) >= 11 is 0. The summed E-state index contributed by atoms with van der Waals surface area (Å²) in [6.07, 6.45) is 2.16. The van der Waals surface area contributed by atoms with Crippen molar-refractivity contribution in [1.29, 1.82) is 0 Å². The zero-order chi connectivity index (χ0) is 20.7. The molecule has 2 N–H and O–H groups in total. The molecule has 2 aromatic rings. The maximum Gasteiger partial charge on any atom is 0.328 e. The minimum atomic E-state index is -4.11. The lowest BCUT2D eigenvalue weighted by Gasteiger charge is -2.17. The molecule has 0 spiro atoms. The maximum atomic E-state index is 13.1. The zero-order valence-electron chi connectivity index (χ0n) is 15.6. The number of methoxy groups -OCH3 is 2. The van der Waals surface area contributed by atoms with Gasteiger partial charge in [0.1, 0.15) is 10.6 Å². The predicted octanol–water partition coefficient (Wildman–Crippen LogP) is 3.00. The van der Waals surface area contributed by atoms with Crippen LogP contribution in [0.25, 0.3) is 6.08 Å². The van der Waals surface area contributed by atoms with Crippen molar-refractivity contribution in [2.75, 3.05) is 25.5 Å². The van der Waals surface area contributed by atoms with Crippen molar-refractivity contribution >= 4 is 27.8 Å². The van der Waals surface area contributed by atoms with Crippen molar-refractivity contribution in [2.45, 2.75) is 11.8 Å². The lowest BCUT2D eigenvalue weighted by atomic mass is 10.2. The Bertz CT molecular complexity index is 984. The molecule has 2 rings (SSSR count). The van der Waals surface area contributed by atoms with E-state index in [0.717, 1.165) is 6.08 Å². The van der Waals surface area contributed by atoms with E-state index in [2.05, 4.69) is 4.72 Å². The molecule has 0 amide bonds. The number of carboxylic acids is 1. The van der Waals surface area contributed by atoms with Crippen LogP contribution in [-0.2, 0) is 14.8 Å². The van der Waals surface area contributed by atoms with Crippen LogP contribution in [0.5, 0.6) is 17.2 Å². The Labute approximate surface area is 163 Å². The van der Waals surface area contributed by atoms with Gasteiger partial charge in [-0.25, -0.2) is 13.2 Å². The van der Waals surface area contributed by atoms with Crippen LogP contribution in [0.3, 0.4) is 0 Å². The summed E-state index contributed by atoms with van der Waals surface area (Å²) in [5.74, 6) is -0.644. The van der Waals surface area contributed by atoms with E-state index in [1.807, 2.05) is 0 Å². The molecule has 0 aliphatic carbocycles. The minimum absolute atomic E-state index is 0.00336. The number of para-hydroxylation sites is 2. The SMILES string of the molecule is CCOc1ccccc1NS(=O)(=O)c1cc(/C=C/C(=O)O)cc(OC)c1OC. The molecule has 0 saturated carbocycles. The Hall–Kier alpha value is -3.20. The second-order valence-electron chi connectivity index (χ2n) is 5.46.